The quantitative estimate of drug-likeness (QED) is 0.709. The molecule has 0 aromatic carbocycles. The molecule has 2 nitrogen and oxygen atoms in total. The number of aliphatic hydroxyl groups is 1. The summed E-state index contributed by atoms with van der Waals surface area (Å²) in [4.78, 5) is 0. The monoisotopic (exact) mass is 229 g/mol. The number of allylic oxidation sites excluding steroid dienone is 4. The fourth-order valence-corrected chi connectivity index (χ4v) is 1.05. The van der Waals surface area contributed by atoms with Crippen LogP contribution in [0.25, 0.3) is 0 Å². The molecule has 0 fully saturated rings. The highest BCUT2D eigenvalue weighted by atomic mass is 16.3. The summed E-state index contributed by atoms with van der Waals surface area (Å²) in [6, 6.07) is 0. The van der Waals surface area contributed by atoms with Gasteiger partial charge in [-0.25, -0.2) is 0 Å². The summed E-state index contributed by atoms with van der Waals surface area (Å²) in [5, 5.41) is 8.91. The van der Waals surface area contributed by atoms with Gasteiger partial charge in [-0.3, -0.25) is 0 Å². The Morgan fingerprint density at radius 3 is 1.94 bits per heavy atom. The lowest BCUT2D eigenvalue weighted by atomic mass is 10.00. The molecule has 0 heterocycles. The largest absolute Gasteiger partial charge is 0.396 e. The molecule has 0 aromatic rings. The summed E-state index contributed by atoms with van der Waals surface area (Å²) in [5.41, 5.74) is 6.71. The van der Waals surface area contributed by atoms with Crippen LogP contribution in [0.3, 0.4) is 0 Å². The molecular weight excluding hydrogens is 198 g/mol. The van der Waals surface area contributed by atoms with Crippen molar-refractivity contribution in [2.75, 3.05) is 13.2 Å². The van der Waals surface area contributed by atoms with E-state index in [4.69, 9.17) is 10.8 Å². The molecule has 0 rings (SSSR count). The molecule has 0 amide bonds. The van der Waals surface area contributed by atoms with Gasteiger partial charge in [-0.05, 0) is 32.7 Å². The molecule has 0 saturated carbocycles. The van der Waals surface area contributed by atoms with Crippen LogP contribution >= 0.6 is 0 Å². The first-order chi connectivity index (χ1) is 7.78. The van der Waals surface area contributed by atoms with Gasteiger partial charge in [0.15, 0.2) is 0 Å². The molecule has 0 radical (unpaired) electrons. The molecule has 0 bridgehead atoms. The highest BCUT2D eigenvalue weighted by Gasteiger charge is 2.05. The lowest BCUT2D eigenvalue weighted by Gasteiger charge is -2.11. The van der Waals surface area contributed by atoms with E-state index in [1.807, 2.05) is 47.6 Å². The van der Waals surface area contributed by atoms with Crippen LogP contribution in [0, 0.1) is 5.92 Å². The normalized spacial score (nSPS) is 12.4. The number of aliphatic hydroxyl groups excluding tert-OH is 1. The molecule has 98 valence electrons. The summed E-state index contributed by atoms with van der Waals surface area (Å²) < 4.78 is 0. The Morgan fingerprint density at radius 2 is 1.69 bits per heavy atom. The van der Waals surface area contributed by atoms with Crippen molar-refractivity contribution in [3.63, 3.8) is 0 Å². The minimum atomic E-state index is 0.172. The summed E-state index contributed by atoms with van der Waals surface area (Å²) in [6.07, 6.45) is 6.98. The Bertz CT molecular complexity index is 158. The average Bonchev–Trinajstić information content (AvgIpc) is 2.39. The zero-order chi connectivity index (χ0) is 13.4. The minimum Gasteiger partial charge on any atom is -0.396 e. The van der Waals surface area contributed by atoms with Crippen molar-refractivity contribution >= 4 is 0 Å². The third-order valence-electron chi connectivity index (χ3n) is 1.87. The van der Waals surface area contributed by atoms with Crippen molar-refractivity contribution in [1.82, 2.24) is 0 Å². The van der Waals surface area contributed by atoms with Crippen LogP contribution in [0.2, 0.25) is 0 Å². The molecule has 0 spiro atoms. The van der Waals surface area contributed by atoms with Crippen LogP contribution in [-0.4, -0.2) is 18.3 Å². The fourth-order valence-electron chi connectivity index (χ4n) is 1.05. The molecular formula is C14H31NO. The van der Waals surface area contributed by atoms with Gasteiger partial charge in [0.2, 0.25) is 0 Å². The lowest BCUT2D eigenvalue weighted by molar-refractivity contribution is 0.230. The summed E-state index contributed by atoms with van der Waals surface area (Å²) in [5.74, 6) is 0.201. The fraction of sp³-hybridized carbons (Fsp3) is 0.714. The molecule has 0 aromatic heterocycles. The minimum absolute atomic E-state index is 0.172. The zero-order valence-electron chi connectivity index (χ0n) is 12.0. The van der Waals surface area contributed by atoms with Gasteiger partial charge < -0.3 is 10.8 Å². The van der Waals surface area contributed by atoms with E-state index in [1.165, 1.54) is 5.57 Å². The lowest BCUT2D eigenvalue weighted by Crippen LogP contribution is -2.18. The Labute approximate surface area is 102 Å². The Kier molecular flexibility index (Phi) is 25.8. The Morgan fingerprint density at radius 1 is 1.19 bits per heavy atom. The van der Waals surface area contributed by atoms with Crippen LogP contribution in [0.15, 0.2) is 23.8 Å². The first-order valence-electron chi connectivity index (χ1n) is 6.37. The van der Waals surface area contributed by atoms with Crippen molar-refractivity contribution in [2.24, 2.45) is 11.7 Å². The number of hydrogen-bond acceptors (Lipinski definition) is 2. The number of nitrogens with two attached hydrogens (primary N) is 1. The molecule has 1 unspecified atom stereocenters. The Balaban J connectivity index is -0.000000376. The summed E-state index contributed by atoms with van der Waals surface area (Å²) >= 11 is 0. The Hall–Kier alpha value is -0.600. The summed E-state index contributed by atoms with van der Waals surface area (Å²) in [7, 11) is 0. The highest BCUT2D eigenvalue weighted by Crippen LogP contribution is 2.11. The van der Waals surface area contributed by atoms with E-state index in [2.05, 4.69) is 12.2 Å². The predicted molar refractivity (Wildman–Crippen MR) is 75.5 cm³/mol. The maximum atomic E-state index is 8.91. The van der Waals surface area contributed by atoms with Crippen molar-refractivity contribution < 1.29 is 5.11 Å². The first-order valence-corrected chi connectivity index (χ1v) is 6.37. The zero-order valence-corrected chi connectivity index (χ0v) is 12.0. The molecule has 2 heteroatoms. The third-order valence-corrected chi connectivity index (χ3v) is 1.87. The molecule has 1 atom stereocenters. The average molecular weight is 229 g/mol. The van der Waals surface area contributed by atoms with Gasteiger partial charge in [-0.1, -0.05) is 51.5 Å². The molecule has 0 aliphatic rings. The standard InChI is InChI=1S/C10H19NO.2C2H6/c1-3-5-9(4-2)6-10(7-11)8-12;2*1-2/h3-5,10,12H,6-8,11H2,1-2H3;2*1-2H3/b5-3-,9-4+;;. The topological polar surface area (TPSA) is 46.2 Å². The van der Waals surface area contributed by atoms with Crippen molar-refractivity contribution in [1.29, 1.82) is 0 Å². The van der Waals surface area contributed by atoms with Gasteiger partial charge in [-0.2, -0.15) is 0 Å². The molecule has 0 aliphatic heterocycles. The van der Waals surface area contributed by atoms with Crippen LogP contribution in [0.4, 0.5) is 0 Å². The molecule has 0 aliphatic carbocycles. The van der Waals surface area contributed by atoms with Crippen molar-refractivity contribution in [2.45, 2.75) is 48.0 Å². The first kappa shape index (κ1) is 20.8. The second-order valence-electron chi connectivity index (χ2n) is 2.85. The number of rotatable bonds is 5. The smallest absolute Gasteiger partial charge is 0.0474 e. The van der Waals surface area contributed by atoms with E-state index in [0.717, 1.165) is 6.42 Å². The maximum Gasteiger partial charge on any atom is 0.0474 e. The van der Waals surface area contributed by atoms with E-state index in [0.29, 0.717) is 6.54 Å². The second kappa shape index (κ2) is 19.9. The maximum absolute atomic E-state index is 8.91. The predicted octanol–water partition coefficient (Wildman–Crippen LogP) is 3.52. The van der Waals surface area contributed by atoms with E-state index >= 15 is 0 Å². The van der Waals surface area contributed by atoms with E-state index in [9.17, 15) is 0 Å². The van der Waals surface area contributed by atoms with E-state index in [1.54, 1.807) is 0 Å². The molecule has 3 N–H and O–H groups in total. The van der Waals surface area contributed by atoms with Crippen molar-refractivity contribution in [3.05, 3.63) is 23.8 Å². The van der Waals surface area contributed by atoms with Gasteiger partial charge in [0, 0.05) is 6.61 Å². The molecule has 0 saturated heterocycles. The van der Waals surface area contributed by atoms with Crippen LogP contribution in [0.1, 0.15) is 48.0 Å². The summed E-state index contributed by atoms with van der Waals surface area (Å²) in [6.45, 7) is 12.7. The van der Waals surface area contributed by atoms with Gasteiger partial charge in [-0.15, -0.1) is 0 Å². The van der Waals surface area contributed by atoms with E-state index < -0.39 is 0 Å². The van der Waals surface area contributed by atoms with Gasteiger partial charge in [0.1, 0.15) is 0 Å². The van der Waals surface area contributed by atoms with Gasteiger partial charge in [0.25, 0.3) is 0 Å². The molecule has 16 heavy (non-hydrogen) atoms. The second-order valence-corrected chi connectivity index (χ2v) is 2.85. The van der Waals surface area contributed by atoms with Crippen molar-refractivity contribution in [3.8, 4) is 0 Å². The van der Waals surface area contributed by atoms with Gasteiger partial charge in [0.05, 0.1) is 0 Å². The van der Waals surface area contributed by atoms with Crippen LogP contribution < -0.4 is 5.73 Å². The van der Waals surface area contributed by atoms with Crippen LogP contribution in [-0.2, 0) is 0 Å². The van der Waals surface area contributed by atoms with E-state index in [-0.39, 0.29) is 12.5 Å². The van der Waals surface area contributed by atoms with Crippen LogP contribution in [0.5, 0.6) is 0 Å². The number of hydrogen-bond donors (Lipinski definition) is 2. The highest BCUT2D eigenvalue weighted by molar-refractivity contribution is 5.17. The SMILES string of the molecule is C/C=C\C(=C/C)CC(CN)CO.CC.CC. The third kappa shape index (κ3) is 13.4. The van der Waals surface area contributed by atoms with Gasteiger partial charge >= 0.3 is 0 Å².